The summed E-state index contributed by atoms with van der Waals surface area (Å²) < 4.78 is 66.0. The first-order valence-corrected chi connectivity index (χ1v) is 6.87. The number of halogens is 6. The average molecular weight is 340 g/mol. The highest BCUT2D eigenvalue weighted by Gasteiger charge is 2.25. The van der Waals surface area contributed by atoms with Crippen molar-refractivity contribution in [2.45, 2.75) is 10.6 Å². The Morgan fingerprint density at radius 2 is 1.43 bits per heavy atom. The van der Waals surface area contributed by atoms with Crippen molar-refractivity contribution in [3.8, 4) is 0 Å². The monoisotopic (exact) mass is 339 g/mol. The van der Waals surface area contributed by atoms with Crippen LogP contribution in [0.3, 0.4) is 0 Å². The molecule has 112 valence electrons. The molecule has 0 unspecified atom stereocenters. The van der Waals surface area contributed by atoms with E-state index in [2.05, 4.69) is 0 Å². The maximum Gasteiger partial charge on any atom is 0.200 e. The molecule has 0 aliphatic carbocycles. The van der Waals surface area contributed by atoms with Crippen molar-refractivity contribution in [1.29, 1.82) is 0 Å². The minimum absolute atomic E-state index is 0.226. The number of nitrogen functional groups attached to an aromatic ring is 1. The molecule has 0 heterocycles. The zero-order valence-corrected chi connectivity index (χ0v) is 11.8. The van der Waals surface area contributed by atoms with Crippen molar-refractivity contribution in [2.24, 2.45) is 0 Å². The molecule has 1 nitrogen and oxygen atoms in total. The summed E-state index contributed by atoms with van der Waals surface area (Å²) in [4.78, 5) is 0.412. The van der Waals surface area contributed by atoms with Crippen LogP contribution in [-0.4, -0.2) is 0 Å². The molecule has 0 aliphatic rings. The number of anilines is 1. The number of hydrogen-bond donors (Lipinski definition) is 1. The maximum absolute atomic E-state index is 13.5. The number of benzene rings is 2. The summed E-state index contributed by atoms with van der Waals surface area (Å²) in [6.45, 7) is 0. The van der Waals surface area contributed by atoms with Gasteiger partial charge in [-0.2, -0.15) is 0 Å². The van der Waals surface area contributed by atoms with Gasteiger partial charge in [0.25, 0.3) is 0 Å². The Balaban J connectivity index is 2.32. The molecule has 0 aliphatic heterocycles. The van der Waals surface area contributed by atoms with Gasteiger partial charge in [-0.05, 0) is 18.2 Å². The van der Waals surface area contributed by atoms with Gasteiger partial charge in [0.1, 0.15) is 0 Å². The summed E-state index contributed by atoms with van der Waals surface area (Å²) in [6.07, 6.45) is 0. The van der Waals surface area contributed by atoms with Crippen LogP contribution >= 0.6 is 23.4 Å². The standard InChI is InChI=1S/C13H7ClF5NS/c14-7-3-5(20)1-2-8(7)21-4-6-9(15)11(17)13(19)12(18)10(6)16/h1-3H,4,20H2. The largest absolute Gasteiger partial charge is 0.399 e. The summed E-state index contributed by atoms with van der Waals surface area (Å²) in [6, 6.07) is 4.42. The van der Waals surface area contributed by atoms with Crippen molar-refractivity contribution >= 4 is 29.1 Å². The van der Waals surface area contributed by atoms with Crippen LogP contribution in [0.4, 0.5) is 27.6 Å². The Hall–Kier alpha value is -1.47. The molecule has 0 saturated heterocycles. The van der Waals surface area contributed by atoms with Crippen LogP contribution in [0.15, 0.2) is 23.1 Å². The highest BCUT2D eigenvalue weighted by molar-refractivity contribution is 7.98. The second-order valence-corrected chi connectivity index (χ2v) is 5.45. The molecular weight excluding hydrogens is 333 g/mol. The molecule has 21 heavy (non-hydrogen) atoms. The van der Waals surface area contributed by atoms with Crippen LogP contribution in [0.1, 0.15) is 5.56 Å². The van der Waals surface area contributed by atoms with Crippen molar-refractivity contribution in [3.63, 3.8) is 0 Å². The molecule has 0 spiro atoms. The lowest BCUT2D eigenvalue weighted by Crippen LogP contribution is -2.06. The predicted molar refractivity (Wildman–Crippen MR) is 71.7 cm³/mol. The first kappa shape index (κ1) is 15.9. The van der Waals surface area contributed by atoms with Gasteiger partial charge in [0.05, 0.1) is 5.02 Å². The van der Waals surface area contributed by atoms with Crippen molar-refractivity contribution in [3.05, 3.63) is 57.9 Å². The van der Waals surface area contributed by atoms with Crippen LogP contribution in [0.2, 0.25) is 5.02 Å². The molecule has 0 aromatic heterocycles. The fourth-order valence-corrected chi connectivity index (χ4v) is 2.83. The first-order valence-electron chi connectivity index (χ1n) is 5.51. The fraction of sp³-hybridized carbons (Fsp3) is 0.0769. The van der Waals surface area contributed by atoms with Gasteiger partial charge in [-0.25, -0.2) is 22.0 Å². The Kier molecular flexibility index (Phi) is 4.63. The average Bonchev–Trinajstić information content (AvgIpc) is 2.45. The van der Waals surface area contributed by atoms with Crippen molar-refractivity contribution < 1.29 is 22.0 Å². The minimum atomic E-state index is -2.18. The Morgan fingerprint density at radius 3 is 1.95 bits per heavy atom. The molecule has 0 atom stereocenters. The summed E-state index contributed by atoms with van der Waals surface area (Å²) in [5, 5.41) is 0.226. The van der Waals surface area contributed by atoms with E-state index in [-0.39, 0.29) is 5.02 Å². The van der Waals surface area contributed by atoms with Crippen molar-refractivity contribution in [1.82, 2.24) is 0 Å². The van der Waals surface area contributed by atoms with Gasteiger partial charge in [-0.15, -0.1) is 11.8 Å². The lowest BCUT2D eigenvalue weighted by molar-refractivity contribution is 0.372. The van der Waals surface area contributed by atoms with Crippen molar-refractivity contribution in [2.75, 3.05) is 5.73 Å². The number of hydrogen-bond acceptors (Lipinski definition) is 2. The summed E-state index contributed by atoms with van der Waals surface area (Å²) in [7, 11) is 0. The Morgan fingerprint density at radius 1 is 0.905 bits per heavy atom. The van der Waals surface area contributed by atoms with E-state index in [1.807, 2.05) is 0 Å². The second-order valence-electron chi connectivity index (χ2n) is 4.03. The normalized spacial score (nSPS) is 11.0. The van der Waals surface area contributed by atoms with Gasteiger partial charge in [0.2, 0.25) is 5.82 Å². The van der Waals surface area contributed by atoms with Gasteiger partial charge in [0, 0.05) is 21.9 Å². The van der Waals surface area contributed by atoms with Crippen LogP contribution in [0.5, 0.6) is 0 Å². The Labute approximate surface area is 125 Å². The zero-order valence-electron chi connectivity index (χ0n) is 10.2. The molecular formula is C13H7ClF5NS. The van der Waals surface area contributed by atoms with Gasteiger partial charge in [-0.3, -0.25) is 0 Å². The van der Waals surface area contributed by atoms with Gasteiger partial charge in [0.15, 0.2) is 23.3 Å². The van der Waals surface area contributed by atoms with E-state index in [4.69, 9.17) is 17.3 Å². The van der Waals surface area contributed by atoms with Gasteiger partial charge >= 0.3 is 0 Å². The zero-order chi connectivity index (χ0) is 15.7. The van der Waals surface area contributed by atoms with Crippen LogP contribution < -0.4 is 5.73 Å². The molecule has 0 amide bonds. The molecule has 0 radical (unpaired) electrons. The third-order valence-corrected chi connectivity index (χ3v) is 4.15. The summed E-state index contributed by atoms with van der Waals surface area (Å²) in [5.41, 5.74) is 4.98. The van der Waals surface area contributed by atoms with E-state index in [0.717, 1.165) is 11.8 Å². The second kappa shape index (κ2) is 6.11. The molecule has 2 aromatic carbocycles. The van der Waals surface area contributed by atoms with E-state index in [1.165, 1.54) is 18.2 Å². The molecule has 0 bridgehead atoms. The van der Waals surface area contributed by atoms with E-state index in [1.54, 1.807) is 0 Å². The highest BCUT2D eigenvalue weighted by Crippen LogP contribution is 2.33. The minimum Gasteiger partial charge on any atom is -0.399 e. The molecule has 0 fully saturated rings. The van der Waals surface area contributed by atoms with Crippen LogP contribution in [0, 0.1) is 29.1 Å². The fourth-order valence-electron chi connectivity index (χ4n) is 1.56. The summed E-state index contributed by atoms with van der Waals surface area (Å²) in [5.74, 6) is -10.3. The SMILES string of the molecule is Nc1ccc(SCc2c(F)c(F)c(F)c(F)c2F)c(Cl)c1. The third kappa shape index (κ3) is 3.08. The number of nitrogens with two attached hydrogens (primary N) is 1. The molecule has 8 heteroatoms. The molecule has 2 rings (SSSR count). The van der Waals surface area contributed by atoms with Gasteiger partial charge in [-0.1, -0.05) is 11.6 Å². The quantitative estimate of drug-likeness (QED) is 0.283. The number of rotatable bonds is 3. The lowest BCUT2D eigenvalue weighted by atomic mass is 10.2. The topological polar surface area (TPSA) is 26.0 Å². The molecule has 2 aromatic rings. The van der Waals surface area contributed by atoms with E-state index < -0.39 is 40.4 Å². The summed E-state index contributed by atoms with van der Waals surface area (Å²) >= 11 is 6.70. The maximum atomic E-state index is 13.5. The lowest BCUT2D eigenvalue weighted by Gasteiger charge is -2.09. The Bertz CT molecular complexity index is 678. The smallest absolute Gasteiger partial charge is 0.200 e. The van der Waals surface area contributed by atoms with Crippen LogP contribution in [0.25, 0.3) is 0 Å². The first-order chi connectivity index (χ1) is 9.82. The molecule has 2 N–H and O–H groups in total. The molecule has 0 saturated carbocycles. The third-order valence-electron chi connectivity index (χ3n) is 2.63. The van der Waals surface area contributed by atoms with E-state index >= 15 is 0 Å². The predicted octanol–water partition coefficient (Wildman–Crippen LogP) is 4.91. The van der Waals surface area contributed by atoms with E-state index in [9.17, 15) is 22.0 Å². The van der Waals surface area contributed by atoms with Crippen LogP contribution in [-0.2, 0) is 5.75 Å². The van der Waals surface area contributed by atoms with E-state index in [0.29, 0.717) is 10.6 Å². The number of thioether (sulfide) groups is 1. The highest BCUT2D eigenvalue weighted by atomic mass is 35.5. The van der Waals surface area contributed by atoms with Gasteiger partial charge < -0.3 is 5.73 Å².